The maximum atomic E-state index is 12.7. The molecule has 0 radical (unpaired) electrons. The van der Waals surface area contributed by atoms with Crippen LogP contribution in [0.1, 0.15) is 38.3 Å². The standard InChI is InChI=1S/C17H26N2O/c1-12-7-5-6-8-14(12)17(3,4)16(20)19-15-11-18-10-9-13(15)2/h5-8,13,15,18H,9-11H2,1-4H3,(H,19,20). The Bertz CT molecular complexity index is 482. The smallest absolute Gasteiger partial charge is 0.230 e. The minimum absolute atomic E-state index is 0.118. The fourth-order valence-corrected chi connectivity index (χ4v) is 2.93. The molecule has 3 heteroatoms. The van der Waals surface area contributed by atoms with E-state index in [9.17, 15) is 4.79 Å². The maximum Gasteiger partial charge on any atom is 0.230 e. The molecule has 1 amide bonds. The molecule has 2 unspecified atom stereocenters. The van der Waals surface area contributed by atoms with Gasteiger partial charge in [0.1, 0.15) is 0 Å². The third-order valence-corrected chi connectivity index (χ3v) is 4.53. The normalized spacial score (nSPS) is 23.4. The van der Waals surface area contributed by atoms with Gasteiger partial charge in [-0.1, -0.05) is 31.2 Å². The monoisotopic (exact) mass is 274 g/mol. The van der Waals surface area contributed by atoms with Gasteiger partial charge in [0.15, 0.2) is 0 Å². The number of aryl methyl sites for hydroxylation is 1. The summed E-state index contributed by atoms with van der Waals surface area (Å²) in [7, 11) is 0. The zero-order valence-electron chi connectivity index (χ0n) is 13.0. The van der Waals surface area contributed by atoms with Gasteiger partial charge in [-0.05, 0) is 50.8 Å². The summed E-state index contributed by atoms with van der Waals surface area (Å²) in [6.07, 6.45) is 1.12. The van der Waals surface area contributed by atoms with Gasteiger partial charge in [0.2, 0.25) is 5.91 Å². The van der Waals surface area contributed by atoms with Crippen molar-refractivity contribution in [2.24, 2.45) is 5.92 Å². The summed E-state index contributed by atoms with van der Waals surface area (Å²) in [5, 5.41) is 6.59. The Morgan fingerprint density at radius 2 is 2.05 bits per heavy atom. The van der Waals surface area contributed by atoms with Crippen molar-refractivity contribution < 1.29 is 4.79 Å². The Balaban J connectivity index is 2.13. The van der Waals surface area contributed by atoms with Gasteiger partial charge >= 0.3 is 0 Å². The van der Waals surface area contributed by atoms with Crippen LogP contribution in [0, 0.1) is 12.8 Å². The number of piperidine rings is 1. The Morgan fingerprint density at radius 1 is 1.35 bits per heavy atom. The van der Waals surface area contributed by atoms with Crippen LogP contribution in [0.2, 0.25) is 0 Å². The van der Waals surface area contributed by atoms with Crippen molar-refractivity contribution in [2.45, 2.75) is 45.6 Å². The first-order chi connectivity index (χ1) is 9.43. The second-order valence-electron chi connectivity index (χ2n) is 6.49. The summed E-state index contributed by atoms with van der Waals surface area (Å²) in [4.78, 5) is 12.7. The molecule has 110 valence electrons. The molecule has 1 saturated heterocycles. The Hall–Kier alpha value is -1.35. The molecule has 3 nitrogen and oxygen atoms in total. The zero-order chi connectivity index (χ0) is 14.8. The summed E-state index contributed by atoms with van der Waals surface area (Å²) in [6.45, 7) is 10.2. The van der Waals surface area contributed by atoms with E-state index in [4.69, 9.17) is 0 Å². The highest BCUT2D eigenvalue weighted by Gasteiger charge is 2.33. The lowest BCUT2D eigenvalue weighted by Crippen LogP contribution is -2.54. The molecule has 2 rings (SSSR count). The van der Waals surface area contributed by atoms with Crippen molar-refractivity contribution in [1.29, 1.82) is 0 Å². The van der Waals surface area contributed by atoms with E-state index in [0.29, 0.717) is 5.92 Å². The maximum absolute atomic E-state index is 12.7. The Morgan fingerprint density at radius 3 is 2.70 bits per heavy atom. The lowest BCUT2D eigenvalue weighted by molar-refractivity contribution is -0.126. The Kier molecular flexibility index (Phi) is 4.48. The van der Waals surface area contributed by atoms with Gasteiger partial charge in [0.25, 0.3) is 0 Å². The first kappa shape index (κ1) is 15.0. The molecule has 1 aliphatic rings. The number of nitrogens with one attached hydrogen (secondary N) is 2. The van der Waals surface area contributed by atoms with Crippen molar-refractivity contribution >= 4 is 5.91 Å². The highest BCUT2D eigenvalue weighted by molar-refractivity contribution is 5.88. The van der Waals surface area contributed by atoms with Crippen molar-refractivity contribution in [1.82, 2.24) is 10.6 Å². The molecule has 0 bridgehead atoms. The molecule has 1 aromatic rings. The van der Waals surface area contributed by atoms with E-state index in [0.717, 1.165) is 25.1 Å². The summed E-state index contributed by atoms with van der Waals surface area (Å²) in [5.74, 6) is 0.653. The average Bonchev–Trinajstić information content (AvgIpc) is 2.41. The van der Waals surface area contributed by atoms with Gasteiger partial charge in [0.05, 0.1) is 5.41 Å². The van der Waals surface area contributed by atoms with Crippen molar-refractivity contribution in [3.63, 3.8) is 0 Å². The number of hydrogen-bond acceptors (Lipinski definition) is 2. The first-order valence-corrected chi connectivity index (χ1v) is 7.50. The lowest BCUT2D eigenvalue weighted by Gasteiger charge is -2.34. The quantitative estimate of drug-likeness (QED) is 0.888. The fraction of sp³-hybridized carbons (Fsp3) is 0.588. The molecule has 1 fully saturated rings. The van der Waals surface area contributed by atoms with Crippen LogP contribution in [0.3, 0.4) is 0 Å². The number of benzene rings is 1. The summed E-state index contributed by atoms with van der Waals surface area (Å²) in [5.41, 5.74) is 1.78. The lowest BCUT2D eigenvalue weighted by atomic mass is 9.80. The molecule has 2 N–H and O–H groups in total. The molecular formula is C17H26N2O. The molecule has 20 heavy (non-hydrogen) atoms. The van der Waals surface area contributed by atoms with E-state index in [1.165, 1.54) is 5.56 Å². The molecule has 0 aromatic heterocycles. The van der Waals surface area contributed by atoms with E-state index in [1.54, 1.807) is 0 Å². The number of rotatable bonds is 3. The topological polar surface area (TPSA) is 41.1 Å². The highest BCUT2D eigenvalue weighted by atomic mass is 16.2. The van der Waals surface area contributed by atoms with Gasteiger partial charge in [-0.2, -0.15) is 0 Å². The fourth-order valence-electron chi connectivity index (χ4n) is 2.93. The largest absolute Gasteiger partial charge is 0.351 e. The van der Waals surface area contributed by atoms with Gasteiger partial charge in [-0.3, -0.25) is 4.79 Å². The van der Waals surface area contributed by atoms with Crippen LogP contribution in [-0.2, 0) is 10.2 Å². The first-order valence-electron chi connectivity index (χ1n) is 7.50. The van der Waals surface area contributed by atoms with Crippen LogP contribution in [-0.4, -0.2) is 25.0 Å². The van der Waals surface area contributed by atoms with Gasteiger partial charge in [0, 0.05) is 12.6 Å². The molecule has 0 saturated carbocycles. The predicted molar refractivity (Wildman–Crippen MR) is 82.8 cm³/mol. The molecular weight excluding hydrogens is 248 g/mol. The van der Waals surface area contributed by atoms with Crippen LogP contribution in [0.4, 0.5) is 0 Å². The summed E-state index contributed by atoms with van der Waals surface area (Å²) >= 11 is 0. The Labute approximate surface area is 122 Å². The van der Waals surface area contributed by atoms with Crippen molar-refractivity contribution in [3.8, 4) is 0 Å². The second-order valence-corrected chi connectivity index (χ2v) is 6.49. The van der Waals surface area contributed by atoms with E-state index in [2.05, 4.69) is 36.6 Å². The highest BCUT2D eigenvalue weighted by Crippen LogP contribution is 2.27. The van der Waals surface area contributed by atoms with Crippen LogP contribution >= 0.6 is 0 Å². The van der Waals surface area contributed by atoms with E-state index < -0.39 is 5.41 Å². The van der Waals surface area contributed by atoms with Crippen LogP contribution in [0.15, 0.2) is 24.3 Å². The zero-order valence-corrected chi connectivity index (χ0v) is 13.0. The molecule has 0 aliphatic carbocycles. The second kappa shape index (κ2) is 5.96. The van der Waals surface area contributed by atoms with Gasteiger partial charge < -0.3 is 10.6 Å². The van der Waals surface area contributed by atoms with Crippen LogP contribution < -0.4 is 10.6 Å². The molecule has 0 spiro atoms. The molecule has 1 aliphatic heterocycles. The van der Waals surface area contributed by atoms with Gasteiger partial charge in [-0.15, -0.1) is 0 Å². The molecule has 1 heterocycles. The van der Waals surface area contributed by atoms with E-state index in [-0.39, 0.29) is 11.9 Å². The summed E-state index contributed by atoms with van der Waals surface area (Å²) < 4.78 is 0. The minimum atomic E-state index is -0.498. The predicted octanol–water partition coefficient (Wildman–Crippen LogP) is 2.39. The number of amides is 1. The van der Waals surface area contributed by atoms with Crippen molar-refractivity contribution in [2.75, 3.05) is 13.1 Å². The van der Waals surface area contributed by atoms with Crippen molar-refractivity contribution in [3.05, 3.63) is 35.4 Å². The van der Waals surface area contributed by atoms with E-state index in [1.807, 2.05) is 26.0 Å². The van der Waals surface area contributed by atoms with Crippen LogP contribution in [0.5, 0.6) is 0 Å². The number of hydrogen-bond donors (Lipinski definition) is 2. The number of carbonyl (C=O) groups excluding carboxylic acids is 1. The van der Waals surface area contributed by atoms with E-state index >= 15 is 0 Å². The summed E-state index contributed by atoms with van der Waals surface area (Å²) in [6, 6.07) is 8.37. The molecule has 1 aromatic carbocycles. The average molecular weight is 274 g/mol. The molecule has 2 atom stereocenters. The SMILES string of the molecule is Cc1ccccc1C(C)(C)C(=O)NC1CNCCC1C. The van der Waals surface area contributed by atoms with Crippen LogP contribution in [0.25, 0.3) is 0 Å². The van der Waals surface area contributed by atoms with Gasteiger partial charge in [-0.25, -0.2) is 0 Å². The third kappa shape index (κ3) is 3.04. The third-order valence-electron chi connectivity index (χ3n) is 4.53. The minimum Gasteiger partial charge on any atom is -0.351 e. The number of carbonyl (C=O) groups is 1.